The highest BCUT2D eigenvalue weighted by Gasteiger charge is 2.17. The van der Waals surface area contributed by atoms with E-state index < -0.39 is 21.7 Å². The minimum absolute atomic E-state index is 0.0138. The number of anilines is 4. The quantitative estimate of drug-likeness (QED) is 0.391. The van der Waals surface area contributed by atoms with E-state index in [1.165, 1.54) is 32.3 Å². The van der Waals surface area contributed by atoms with Gasteiger partial charge in [0.05, 0.1) is 41.1 Å². The third-order valence-electron chi connectivity index (χ3n) is 4.94. The van der Waals surface area contributed by atoms with Crippen molar-refractivity contribution >= 4 is 44.7 Å². The molecule has 0 saturated carbocycles. The number of para-hydroxylation sites is 2. The van der Waals surface area contributed by atoms with Crippen LogP contribution in [0.4, 0.5) is 27.4 Å². The lowest BCUT2D eigenvalue weighted by molar-refractivity contribution is 0.0994. The van der Waals surface area contributed by atoms with Crippen molar-refractivity contribution in [2.45, 2.75) is 13.5 Å². The van der Waals surface area contributed by atoms with Crippen molar-refractivity contribution in [3.8, 4) is 0 Å². The average molecular weight is 487 g/mol. The average Bonchev–Trinajstić information content (AvgIpc) is 2.78. The van der Waals surface area contributed by atoms with E-state index in [2.05, 4.69) is 20.6 Å². The molecule has 0 saturated heterocycles. The van der Waals surface area contributed by atoms with Crippen LogP contribution in [-0.2, 0) is 16.6 Å². The van der Waals surface area contributed by atoms with Crippen molar-refractivity contribution < 1.29 is 22.4 Å². The highest BCUT2D eigenvalue weighted by Crippen LogP contribution is 2.27. The number of nitrogens with zero attached hydrogens (tertiary/aromatic N) is 3. The minimum Gasteiger partial charge on any atom is -0.378 e. The SMILES string of the molecule is CC(=O)c1ccc(F)c(Nc2ncc(C(N)=O)c(CNc3ccccc3N(C)S(C)(=O)=O)n2)c1. The first-order chi connectivity index (χ1) is 16.0. The number of hydrogen-bond donors (Lipinski definition) is 3. The molecule has 1 amide bonds. The van der Waals surface area contributed by atoms with Gasteiger partial charge in [-0.05, 0) is 37.3 Å². The summed E-state index contributed by atoms with van der Waals surface area (Å²) in [6.45, 7) is 1.35. The molecule has 0 fully saturated rings. The minimum atomic E-state index is -3.51. The maximum absolute atomic E-state index is 14.2. The molecular formula is C22H23FN6O4S. The van der Waals surface area contributed by atoms with Crippen LogP contribution in [0, 0.1) is 5.82 Å². The predicted molar refractivity (Wildman–Crippen MR) is 127 cm³/mol. The van der Waals surface area contributed by atoms with Gasteiger partial charge in [0.25, 0.3) is 5.91 Å². The summed E-state index contributed by atoms with van der Waals surface area (Å²) >= 11 is 0. The van der Waals surface area contributed by atoms with E-state index in [0.29, 0.717) is 16.9 Å². The van der Waals surface area contributed by atoms with Crippen molar-refractivity contribution in [1.82, 2.24) is 9.97 Å². The van der Waals surface area contributed by atoms with Gasteiger partial charge >= 0.3 is 0 Å². The zero-order valence-electron chi connectivity index (χ0n) is 18.7. The fourth-order valence-electron chi connectivity index (χ4n) is 3.03. The van der Waals surface area contributed by atoms with Gasteiger partial charge in [0, 0.05) is 18.8 Å². The van der Waals surface area contributed by atoms with E-state index in [1.807, 2.05) is 0 Å². The molecule has 0 spiro atoms. The number of rotatable bonds is 9. The summed E-state index contributed by atoms with van der Waals surface area (Å²) in [5.74, 6) is -1.65. The second-order valence-corrected chi connectivity index (χ2v) is 9.41. The predicted octanol–water partition coefficient (Wildman–Crippen LogP) is 2.67. The number of carbonyl (C=O) groups is 2. The second-order valence-electron chi connectivity index (χ2n) is 7.40. The van der Waals surface area contributed by atoms with Crippen LogP contribution in [0.3, 0.4) is 0 Å². The van der Waals surface area contributed by atoms with Gasteiger partial charge < -0.3 is 16.4 Å². The van der Waals surface area contributed by atoms with Gasteiger partial charge in [-0.3, -0.25) is 13.9 Å². The first kappa shape index (κ1) is 24.6. The number of carbonyl (C=O) groups excluding carboxylic acids is 2. The Kier molecular flexibility index (Phi) is 7.11. The van der Waals surface area contributed by atoms with E-state index in [9.17, 15) is 22.4 Å². The normalized spacial score (nSPS) is 11.1. The first-order valence-corrected chi connectivity index (χ1v) is 11.8. The summed E-state index contributed by atoms with van der Waals surface area (Å²) in [6.07, 6.45) is 2.29. The van der Waals surface area contributed by atoms with Gasteiger partial charge in [-0.2, -0.15) is 0 Å². The fraction of sp³-hybridized carbons (Fsp3) is 0.182. The van der Waals surface area contributed by atoms with Gasteiger partial charge in [0.1, 0.15) is 5.82 Å². The molecule has 4 N–H and O–H groups in total. The van der Waals surface area contributed by atoms with Gasteiger partial charge in [-0.1, -0.05) is 12.1 Å². The second kappa shape index (κ2) is 9.83. The largest absolute Gasteiger partial charge is 0.378 e. The Bertz CT molecular complexity index is 1360. The zero-order chi connectivity index (χ0) is 25.0. The number of nitrogens with one attached hydrogen (secondary N) is 2. The molecule has 34 heavy (non-hydrogen) atoms. The topological polar surface area (TPSA) is 147 Å². The molecule has 0 aliphatic carbocycles. The molecule has 0 atom stereocenters. The number of halogens is 1. The van der Waals surface area contributed by atoms with Gasteiger partial charge in [0.2, 0.25) is 16.0 Å². The van der Waals surface area contributed by atoms with Crippen LogP contribution in [0.15, 0.2) is 48.7 Å². The van der Waals surface area contributed by atoms with E-state index >= 15 is 0 Å². The summed E-state index contributed by atoms with van der Waals surface area (Å²) in [5, 5.41) is 5.76. The van der Waals surface area contributed by atoms with Crippen LogP contribution in [0.1, 0.15) is 33.3 Å². The van der Waals surface area contributed by atoms with E-state index in [1.54, 1.807) is 24.3 Å². The Balaban J connectivity index is 1.92. The lowest BCUT2D eigenvalue weighted by Crippen LogP contribution is -2.26. The van der Waals surface area contributed by atoms with Crippen molar-refractivity contribution in [2.24, 2.45) is 5.73 Å². The Hall–Kier alpha value is -4.06. The molecule has 12 heteroatoms. The van der Waals surface area contributed by atoms with Crippen LogP contribution in [0.5, 0.6) is 0 Å². The number of ketones is 1. The van der Waals surface area contributed by atoms with Crippen LogP contribution in [-0.4, -0.2) is 43.4 Å². The monoisotopic (exact) mass is 486 g/mol. The number of nitrogens with two attached hydrogens (primary N) is 1. The molecule has 1 heterocycles. The molecule has 0 unspecified atom stereocenters. The number of aromatic nitrogens is 2. The van der Waals surface area contributed by atoms with Crippen molar-refractivity contribution in [1.29, 1.82) is 0 Å². The molecule has 2 aromatic carbocycles. The molecule has 10 nitrogen and oxygen atoms in total. The summed E-state index contributed by atoms with van der Waals surface area (Å²) < 4.78 is 39.3. The number of primary amides is 1. The maximum atomic E-state index is 14.2. The van der Waals surface area contributed by atoms with Crippen molar-refractivity contribution in [2.75, 3.05) is 28.2 Å². The number of hydrogen-bond acceptors (Lipinski definition) is 8. The molecule has 178 valence electrons. The highest BCUT2D eigenvalue weighted by atomic mass is 32.2. The molecule has 1 aromatic heterocycles. The number of Topliss-reactive ketones (excluding diaryl/α,β-unsaturated/α-hetero) is 1. The smallest absolute Gasteiger partial charge is 0.252 e. The molecular weight excluding hydrogens is 463 g/mol. The molecule has 0 radical (unpaired) electrons. The van der Waals surface area contributed by atoms with E-state index in [4.69, 9.17) is 5.73 Å². The highest BCUT2D eigenvalue weighted by molar-refractivity contribution is 7.92. The Morgan fingerprint density at radius 2 is 1.85 bits per heavy atom. The van der Waals surface area contributed by atoms with Gasteiger partial charge in [-0.25, -0.2) is 22.8 Å². The third kappa shape index (κ3) is 5.64. The summed E-state index contributed by atoms with van der Waals surface area (Å²) in [5.41, 5.74) is 6.82. The number of amides is 1. The van der Waals surface area contributed by atoms with Crippen molar-refractivity contribution in [3.63, 3.8) is 0 Å². The summed E-state index contributed by atoms with van der Waals surface area (Å²) in [6, 6.07) is 10.5. The Morgan fingerprint density at radius 3 is 2.50 bits per heavy atom. The number of benzene rings is 2. The lowest BCUT2D eigenvalue weighted by atomic mass is 10.1. The molecule has 3 aromatic rings. The standard InChI is InChI=1S/C22H23FN6O4S/c1-13(30)14-8-9-16(23)18(10-14)27-22-26-11-15(21(24)31)19(28-22)12-25-17-6-4-5-7-20(17)29(2)34(3,32)33/h4-11,25H,12H2,1-3H3,(H2,24,31)(H,26,27,28). The van der Waals surface area contributed by atoms with Gasteiger partial charge in [-0.15, -0.1) is 0 Å². The van der Waals surface area contributed by atoms with Crippen LogP contribution in [0.2, 0.25) is 0 Å². The number of sulfonamides is 1. The molecule has 3 rings (SSSR count). The Labute approximate surface area is 196 Å². The first-order valence-electron chi connectivity index (χ1n) is 9.97. The van der Waals surface area contributed by atoms with Gasteiger partial charge in [0.15, 0.2) is 5.78 Å². The van der Waals surface area contributed by atoms with E-state index in [-0.39, 0.29) is 35.2 Å². The van der Waals surface area contributed by atoms with Crippen molar-refractivity contribution in [3.05, 3.63) is 71.3 Å². The maximum Gasteiger partial charge on any atom is 0.252 e. The fourth-order valence-corrected chi connectivity index (χ4v) is 3.55. The zero-order valence-corrected chi connectivity index (χ0v) is 19.5. The third-order valence-corrected chi connectivity index (χ3v) is 6.13. The van der Waals surface area contributed by atoms with E-state index in [0.717, 1.165) is 16.6 Å². The van der Waals surface area contributed by atoms with Crippen LogP contribution in [0.25, 0.3) is 0 Å². The van der Waals surface area contributed by atoms with Crippen LogP contribution < -0.4 is 20.7 Å². The molecule has 0 bridgehead atoms. The molecule has 0 aliphatic rings. The lowest BCUT2D eigenvalue weighted by Gasteiger charge is -2.21. The molecule has 0 aliphatic heterocycles. The Morgan fingerprint density at radius 1 is 1.15 bits per heavy atom. The summed E-state index contributed by atoms with van der Waals surface area (Å²) in [7, 11) is -2.10. The summed E-state index contributed by atoms with van der Waals surface area (Å²) in [4.78, 5) is 31.8. The van der Waals surface area contributed by atoms with Crippen LogP contribution >= 0.6 is 0 Å².